The zero-order chi connectivity index (χ0) is 35.5. The molecule has 51 heavy (non-hydrogen) atoms. The van der Waals surface area contributed by atoms with Crippen molar-refractivity contribution < 1.29 is 47.5 Å². The molecule has 2 saturated heterocycles. The van der Waals surface area contributed by atoms with Gasteiger partial charge in [-0.05, 0) is 41.0 Å². The predicted octanol–water partition coefficient (Wildman–Crippen LogP) is 4.08. The van der Waals surface area contributed by atoms with Crippen LogP contribution in [0.15, 0.2) is 66.7 Å². The highest BCUT2D eigenvalue weighted by molar-refractivity contribution is 6.02. The SMILES string of the molecule is CCOc1nc2cccc(C(=O)OC(C)OC(=O)O[C@@H]3CO[C@H]4[C@@H]3OC[C@H]4OC(C)=O)c2n1Cc1ccc(-c2ccccc2-c2nn[nH]n2)cc1. The van der Waals surface area contributed by atoms with Crippen LogP contribution in [-0.4, -0.2) is 98.8 Å². The Morgan fingerprint density at radius 3 is 2.33 bits per heavy atom. The molecule has 2 fully saturated rings. The van der Waals surface area contributed by atoms with Crippen LogP contribution in [0.25, 0.3) is 33.5 Å². The van der Waals surface area contributed by atoms with Gasteiger partial charge in [-0.3, -0.25) is 9.36 Å². The van der Waals surface area contributed by atoms with Gasteiger partial charge in [0.05, 0.1) is 43.0 Å². The van der Waals surface area contributed by atoms with Gasteiger partial charge in [0.1, 0.15) is 12.2 Å². The van der Waals surface area contributed by atoms with Gasteiger partial charge in [-0.2, -0.15) is 10.2 Å². The van der Waals surface area contributed by atoms with Gasteiger partial charge in [-0.1, -0.05) is 54.6 Å². The van der Waals surface area contributed by atoms with Crippen LogP contribution in [0.4, 0.5) is 4.79 Å². The van der Waals surface area contributed by atoms with Gasteiger partial charge in [0.25, 0.3) is 6.01 Å². The van der Waals surface area contributed by atoms with Gasteiger partial charge in [0.2, 0.25) is 12.1 Å². The van der Waals surface area contributed by atoms with Crippen molar-refractivity contribution in [2.24, 2.45) is 0 Å². The van der Waals surface area contributed by atoms with Gasteiger partial charge in [-0.15, -0.1) is 10.2 Å². The van der Waals surface area contributed by atoms with Crippen molar-refractivity contribution in [2.75, 3.05) is 19.8 Å². The Morgan fingerprint density at radius 2 is 1.65 bits per heavy atom. The average Bonchev–Trinajstić information content (AvgIpc) is 3.92. The second kappa shape index (κ2) is 14.5. The number of para-hydroxylation sites is 1. The minimum atomic E-state index is -1.30. The largest absolute Gasteiger partial charge is 0.511 e. The molecule has 2 aromatic heterocycles. The highest BCUT2D eigenvalue weighted by Gasteiger charge is 2.51. The Balaban J connectivity index is 1.05. The molecule has 16 heteroatoms. The summed E-state index contributed by atoms with van der Waals surface area (Å²) < 4.78 is 40.4. The molecule has 5 aromatic rings. The van der Waals surface area contributed by atoms with Gasteiger partial charge in [0.15, 0.2) is 12.2 Å². The molecular weight excluding hydrogens is 664 g/mol. The maximum atomic E-state index is 13.5. The van der Waals surface area contributed by atoms with E-state index in [1.165, 1.54) is 13.8 Å². The average molecular weight is 699 g/mol. The van der Waals surface area contributed by atoms with Crippen molar-refractivity contribution in [1.29, 1.82) is 0 Å². The lowest BCUT2D eigenvalue weighted by Gasteiger charge is -2.19. The summed E-state index contributed by atoms with van der Waals surface area (Å²) in [4.78, 5) is 42.2. The molecule has 5 atom stereocenters. The molecule has 0 spiro atoms. The van der Waals surface area contributed by atoms with Crippen molar-refractivity contribution in [3.05, 3.63) is 77.9 Å². The molecule has 7 rings (SSSR count). The second-order valence-electron chi connectivity index (χ2n) is 11.8. The number of imidazole rings is 1. The van der Waals surface area contributed by atoms with Crippen LogP contribution in [0.2, 0.25) is 0 Å². The van der Waals surface area contributed by atoms with E-state index >= 15 is 0 Å². The van der Waals surface area contributed by atoms with E-state index in [1.807, 2.05) is 55.5 Å². The van der Waals surface area contributed by atoms with E-state index in [-0.39, 0.29) is 18.8 Å². The molecule has 0 bridgehead atoms. The number of esters is 2. The fourth-order valence-electron chi connectivity index (χ4n) is 6.26. The summed E-state index contributed by atoms with van der Waals surface area (Å²) in [6.45, 7) is 5.37. The molecule has 0 aliphatic carbocycles. The summed E-state index contributed by atoms with van der Waals surface area (Å²) in [5.74, 6) is -0.714. The number of carbonyl (C=O) groups excluding carboxylic acids is 3. The van der Waals surface area contributed by atoms with Gasteiger partial charge in [-0.25, -0.2) is 9.59 Å². The highest BCUT2D eigenvalue weighted by Crippen LogP contribution is 2.33. The number of benzene rings is 3. The number of ether oxygens (including phenoxy) is 7. The zero-order valence-corrected chi connectivity index (χ0v) is 27.9. The lowest BCUT2D eigenvalue weighted by atomic mass is 9.98. The lowest BCUT2D eigenvalue weighted by Crippen LogP contribution is -2.36. The number of tetrazole rings is 1. The van der Waals surface area contributed by atoms with E-state index in [4.69, 9.17) is 33.2 Å². The molecule has 0 amide bonds. The normalized spacial score (nSPS) is 20.1. The van der Waals surface area contributed by atoms with Gasteiger partial charge < -0.3 is 33.2 Å². The van der Waals surface area contributed by atoms with Crippen molar-refractivity contribution in [3.8, 4) is 28.5 Å². The van der Waals surface area contributed by atoms with E-state index < -0.39 is 48.8 Å². The summed E-state index contributed by atoms with van der Waals surface area (Å²) >= 11 is 0. The van der Waals surface area contributed by atoms with Crippen LogP contribution in [-0.2, 0) is 39.8 Å². The Labute approximate surface area is 290 Å². The molecule has 3 aromatic carbocycles. The van der Waals surface area contributed by atoms with E-state index in [0.29, 0.717) is 36.0 Å². The number of aromatic amines is 1. The third kappa shape index (κ3) is 7.09. The fourth-order valence-corrected chi connectivity index (χ4v) is 6.26. The third-order valence-electron chi connectivity index (χ3n) is 8.41. The van der Waals surface area contributed by atoms with Crippen LogP contribution in [0.5, 0.6) is 6.01 Å². The molecule has 1 unspecified atom stereocenters. The monoisotopic (exact) mass is 698 g/mol. The quantitative estimate of drug-likeness (QED) is 0.118. The van der Waals surface area contributed by atoms with Crippen molar-refractivity contribution in [2.45, 2.75) is 58.0 Å². The predicted molar refractivity (Wildman–Crippen MR) is 176 cm³/mol. The number of hydrogen-bond acceptors (Lipinski definition) is 14. The summed E-state index contributed by atoms with van der Waals surface area (Å²) in [6.07, 6.45) is -4.95. The molecule has 1 N–H and O–H groups in total. The first-order valence-electron chi connectivity index (χ1n) is 16.3. The number of nitrogens with zero attached hydrogens (tertiary/aromatic N) is 5. The lowest BCUT2D eigenvalue weighted by molar-refractivity contribution is -0.151. The Kier molecular flexibility index (Phi) is 9.59. The molecule has 2 aliphatic heterocycles. The summed E-state index contributed by atoms with van der Waals surface area (Å²) in [5, 5.41) is 14.4. The maximum Gasteiger partial charge on any atom is 0.511 e. The van der Waals surface area contributed by atoms with Crippen molar-refractivity contribution in [3.63, 3.8) is 0 Å². The first-order valence-corrected chi connectivity index (χ1v) is 16.3. The molecular formula is C35H34N6O10. The van der Waals surface area contributed by atoms with Gasteiger partial charge in [0, 0.05) is 19.4 Å². The Morgan fingerprint density at radius 1 is 0.922 bits per heavy atom. The second-order valence-corrected chi connectivity index (χ2v) is 11.8. The molecule has 0 saturated carbocycles. The number of carbonyl (C=O) groups is 3. The van der Waals surface area contributed by atoms with Gasteiger partial charge >= 0.3 is 18.1 Å². The summed E-state index contributed by atoms with van der Waals surface area (Å²) in [5.41, 5.74) is 4.86. The Hall–Kier alpha value is -5.87. The van der Waals surface area contributed by atoms with E-state index in [2.05, 4.69) is 25.6 Å². The van der Waals surface area contributed by atoms with E-state index in [0.717, 1.165) is 22.3 Å². The van der Waals surface area contributed by atoms with Crippen LogP contribution >= 0.6 is 0 Å². The first-order chi connectivity index (χ1) is 24.8. The molecule has 4 heterocycles. The van der Waals surface area contributed by atoms with Crippen LogP contribution in [0.3, 0.4) is 0 Å². The standard InChI is InChI=1S/C35H34N6O10/c1-4-45-34-36-26-11-7-10-25(33(43)49-20(3)50-35(44)51-28-18-47-30-27(48-19(2)42)17-46-31(28)30)29(26)41(34)16-21-12-14-22(15-13-21)23-8-5-6-9-24(23)32-37-39-40-38-32/h5-15,20,27-28,30-31H,4,16-18H2,1-3H3,(H,37,38,39,40)/t20?,27-,28-,30-,31-/m1/s1. The number of hydrogen-bond donors (Lipinski definition) is 1. The number of aromatic nitrogens is 6. The third-order valence-corrected chi connectivity index (χ3v) is 8.41. The molecule has 16 nitrogen and oxygen atoms in total. The summed E-state index contributed by atoms with van der Waals surface area (Å²) in [7, 11) is 0. The fraction of sp³-hybridized carbons (Fsp3) is 0.343. The molecule has 0 radical (unpaired) electrons. The molecule has 2 aliphatic rings. The van der Waals surface area contributed by atoms with E-state index in [1.54, 1.807) is 22.8 Å². The molecule has 264 valence electrons. The highest BCUT2D eigenvalue weighted by atomic mass is 16.8. The number of fused-ring (bicyclic) bond motifs is 2. The number of H-pyrrole nitrogens is 1. The topological polar surface area (TPSA) is 188 Å². The van der Waals surface area contributed by atoms with Crippen LogP contribution in [0.1, 0.15) is 36.7 Å². The summed E-state index contributed by atoms with van der Waals surface area (Å²) in [6, 6.07) is 21.1. The van der Waals surface area contributed by atoms with E-state index in [9.17, 15) is 14.4 Å². The smallest absolute Gasteiger partial charge is 0.465 e. The minimum Gasteiger partial charge on any atom is -0.465 e. The first kappa shape index (κ1) is 33.6. The van der Waals surface area contributed by atoms with Crippen molar-refractivity contribution in [1.82, 2.24) is 30.2 Å². The Bertz CT molecular complexity index is 2030. The zero-order valence-electron chi connectivity index (χ0n) is 27.9. The minimum absolute atomic E-state index is 0.0286. The van der Waals surface area contributed by atoms with Crippen LogP contribution in [0, 0.1) is 0 Å². The van der Waals surface area contributed by atoms with Crippen LogP contribution < -0.4 is 4.74 Å². The van der Waals surface area contributed by atoms with Crippen molar-refractivity contribution >= 4 is 29.1 Å². The number of rotatable bonds is 11. The maximum absolute atomic E-state index is 13.5. The number of nitrogens with one attached hydrogen (secondary N) is 1.